The second-order valence-electron chi connectivity index (χ2n) is 6.02. The minimum absolute atomic E-state index is 0.0790. The number of benzene rings is 3. The fourth-order valence-corrected chi connectivity index (χ4v) is 4.33. The molecule has 0 radical (unpaired) electrons. The van der Waals surface area contributed by atoms with Gasteiger partial charge in [0.15, 0.2) is 11.6 Å². The third-order valence-corrected chi connectivity index (χ3v) is 6.21. The number of sulfonamides is 1. The number of halogens is 1. The predicted octanol–water partition coefficient (Wildman–Crippen LogP) is 4.03. The van der Waals surface area contributed by atoms with Crippen LogP contribution in [0.15, 0.2) is 76.1 Å². The van der Waals surface area contributed by atoms with Crippen molar-refractivity contribution < 1.29 is 18.0 Å². The second kappa shape index (κ2) is 6.44. The molecule has 1 N–H and O–H groups in total. The number of fused-ring (bicyclic) bond motifs is 2. The Kier molecular flexibility index (Phi) is 4.20. The molecule has 0 aromatic heterocycles. The Bertz CT molecular complexity index is 1200. The van der Waals surface area contributed by atoms with Gasteiger partial charge in [0.1, 0.15) is 0 Å². The van der Waals surface area contributed by atoms with Crippen molar-refractivity contribution in [3.05, 3.63) is 93.5 Å². The van der Waals surface area contributed by atoms with Crippen molar-refractivity contribution in [1.29, 1.82) is 0 Å². The van der Waals surface area contributed by atoms with E-state index in [2.05, 4.69) is 20.7 Å². The summed E-state index contributed by atoms with van der Waals surface area (Å²) in [4.78, 5) is 25.3. The number of nitrogens with one attached hydrogen (secondary N) is 1. The molecular weight excluding hydrogens is 430 g/mol. The van der Waals surface area contributed by atoms with E-state index in [0.29, 0.717) is 11.3 Å². The first-order valence-corrected chi connectivity index (χ1v) is 10.3. The molecule has 0 heterocycles. The summed E-state index contributed by atoms with van der Waals surface area (Å²) in [7, 11) is -3.91. The largest absolute Gasteiger partial charge is 0.289 e. The Morgan fingerprint density at radius 2 is 1.26 bits per heavy atom. The van der Waals surface area contributed by atoms with Crippen LogP contribution in [0.2, 0.25) is 0 Å². The van der Waals surface area contributed by atoms with Gasteiger partial charge in [0.2, 0.25) is 0 Å². The Hall–Kier alpha value is -2.77. The lowest BCUT2D eigenvalue weighted by molar-refractivity contribution is 0.0979. The zero-order valence-electron chi connectivity index (χ0n) is 13.8. The molecule has 3 aromatic carbocycles. The van der Waals surface area contributed by atoms with Crippen LogP contribution in [0.3, 0.4) is 0 Å². The smallest absolute Gasteiger partial charge is 0.261 e. The third-order valence-electron chi connectivity index (χ3n) is 4.30. The maximum atomic E-state index is 12.8. The van der Waals surface area contributed by atoms with Crippen LogP contribution in [-0.4, -0.2) is 20.0 Å². The molecule has 27 heavy (non-hydrogen) atoms. The molecule has 0 saturated carbocycles. The highest BCUT2D eigenvalue weighted by Gasteiger charge is 2.30. The van der Waals surface area contributed by atoms with Gasteiger partial charge in [-0.1, -0.05) is 40.2 Å². The van der Waals surface area contributed by atoms with E-state index in [0.717, 1.165) is 4.47 Å². The molecule has 0 spiro atoms. The molecule has 0 amide bonds. The van der Waals surface area contributed by atoms with Gasteiger partial charge in [-0.3, -0.25) is 14.3 Å². The topological polar surface area (TPSA) is 80.3 Å². The van der Waals surface area contributed by atoms with Crippen LogP contribution < -0.4 is 4.72 Å². The number of rotatable bonds is 3. The van der Waals surface area contributed by atoms with Crippen LogP contribution in [0.1, 0.15) is 31.8 Å². The Morgan fingerprint density at radius 1 is 0.704 bits per heavy atom. The number of hydrogen-bond acceptors (Lipinski definition) is 4. The summed E-state index contributed by atoms with van der Waals surface area (Å²) in [5.74, 6) is -0.647. The van der Waals surface area contributed by atoms with E-state index in [1.54, 1.807) is 48.5 Å². The SMILES string of the molecule is O=C1c2ccccc2C(=O)c2cc(S(=O)(=O)Nc3ccc(Br)cc3)ccc21. The van der Waals surface area contributed by atoms with Crippen molar-refractivity contribution >= 4 is 43.2 Å². The van der Waals surface area contributed by atoms with Gasteiger partial charge < -0.3 is 0 Å². The van der Waals surface area contributed by atoms with Gasteiger partial charge in [0.05, 0.1) is 4.90 Å². The minimum atomic E-state index is -3.91. The van der Waals surface area contributed by atoms with Crippen molar-refractivity contribution in [3.63, 3.8) is 0 Å². The number of anilines is 1. The molecule has 0 fully saturated rings. The van der Waals surface area contributed by atoms with Crippen molar-refractivity contribution in [2.45, 2.75) is 4.90 Å². The molecule has 7 heteroatoms. The molecule has 3 aromatic rings. The molecule has 1 aliphatic carbocycles. The summed E-state index contributed by atoms with van der Waals surface area (Å²) >= 11 is 3.29. The van der Waals surface area contributed by atoms with E-state index in [9.17, 15) is 18.0 Å². The molecular formula is C20H12BrNO4S. The second-order valence-corrected chi connectivity index (χ2v) is 8.62. The van der Waals surface area contributed by atoms with E-state index >= 15 is 0 Å². The highest BCUT2D eigenvalue weighted by Crippen LogP contribution is 2.29. The van der Waals surface area contributed by atoms with Crippen LogP contribution in [-0.2, 0) is 10.0 Å². The zero-order chi connectivity index (χ0) is 19.2. The van der Waals surface area contributed by atoms with Gasteiger partial charge in [-0.15, -0.1) is 0 Å². The molecule has 0 aliphatic heterocycles. The van der Waals surface area contributed by atoms with Crippen molar-refractivity contribution in [3.8, 4) is 0 Å². The van der Waals surface area contributed by atoms with Gasteiger partial charge in [0.25, 0.3) is 10.0 Å². The van der Waals surface area contributed by atoms with Gasteiger partial charge in [-0.25, -0.2) is 8.42 Å². The highest BCUT2D eigenvalue weighted by atomic mass is 79.9. The van der Waals surface area contributed by atoms with E-state index in [-0.39, 0.29) is 33.2 Å². The standard InChI is InChI=1S/C20H12BrNO4S/c21-12-5-7-13(8-6-12)22-27(25,26)14-9-10-17-18(11-14)20(24)16-4-2-1-3-15(16)19(17)23/h1-11,22H. The number of ketones is 2. The molecule has 5 nitrogen and oxygen atoms in total. The predicted molar refractivity (Wildman–Crippen MR) is 105 cm³/mol. The van der Waals surface area contributed by atoms with Gasteiger partial charge in [0, 0.05) is 32.4 Å². The van der Waals surface area contributed by atoms with E-state index < -0.39 is 10.0 Å². The minimum Gasteiger partial charge on any atom is -0.289 e. The molecule has 0 unspecified atom stereocenters. The van der Waals surface area contributed by atoms with Gasteiger partial charge in [-0.2, -0.15) is 0 Å². The van der Waals surface area contributed by atoms with E-state index in [4.69, 9.17) is 0 Å². The fourth-order valence-electron chi connectivity index (χ4n) is 2.98. The lowest BCUT2D eigenvalue weighted by Crippen LogP contribution is -2.22. The summed E-state index contributed by atoms with van der Waals surface area (Å²) in [6.07, 6.45) is 0. The molecule has 134 valence electrons. The Labute approximate surface area is 164 Å². The summed E-state index contributed by atoms with van der Waals surface area (Å²) < 4.78 is 28.7. The summed E-state index contributed by atoms with van der Waals surface area (Å²) in [6.45, 7) is 0. The molecule has 1 aliphatic rings. The third kappa shape index (κ3) is 3.09. The highest BCUT2D eigenvalue weighted by molar-refractivity contribution is 9.10. The Balaban J connectivity index is 1.75. The first-order chi connectivity index (χ1) is 12.9. The van der Waals surface area contributed by atoms with Gasteiger partial charge in [-0.05, 0) is 42.5 Å². The monoisotopic (exact) mass is 441 g/mol. The summed E-state index contributed by atoms with van der Waals surface area (Å²) in [5.41, 5.74) is 1.31. The number of carbonyl (C=O) groups excluding carboxylic acids is 2. The van der Waals surface area contributed by atoms with Gasteiger partial charge >= 0.3 is 0 Å². The van der Waals surface area contributed by atoms with E-state index in [1.807, 2.05) is 0 Å². The average molecular weight is 442 g/mol. The molecule has 4 rings (SSSR count). The van der Waals surface area contributed by atoms with Crippen LogP contribution in [0.4, 0.5) is 5.69 Å². The molecule has 0 saturated heterocycles. The van der Waals surface area contributed by atoms with Crippen LogP contribution >= 0.6 is 15.9 Å². The average Bonchev–Trinajstić information content (AvgIpc) is 2.67. The first kappa shape index (κ1) is 17.6. The zero-order valence-corrected chi connectivity index (χ0v) is 16.2. The lowest BCUT2D eigenvalue weighted by atomic mass is 9.84. The lowest BCUT2D eigenvalue weighted by Gasteiger charge is -2.18. The number of carbonyl (C=O) groups is 2. The first-order valence-electron chi connectivity index (χ1n) is 7.98. The fraction of sp³-hybridized carbons (Fsp3) is 0. The van der Waals surface area contributed by atoms with Crippen molar-refractivity contribution in [2.75, 3.05) is 4.72 Å². The maximum Gasteiger partial charge on any atom is 0.261 e. The summed E-state index contributed by atoms with van der Waals surface area (Å²) in [6, 6.07) is 17.2. The van der Waals surface area contributed by atoms with Crippen molar-refractivity contribution in [2.24, 2.45) is 0 Å². The maximum absolute atomic E-state index is 12.8. The number of hydrogen-bond donors (Lipinski definition) is 1. The Morgan fingerprint density at radius 3 is 1.89 bits per heavy atom. The normalized spacial score (nSPS) is 13.1. The molecule has 0 bridgehead atoms. The van der Waals surface area contributed by atoms with Crippen LogP contribution in [0.25, 0.3) is 0 Å². The van der Waals surface area contributed by atoms with Crippen LogP contribution in [0.5, 0.6) is 0 Å². The van der Waals surface area contributed by atoms with Crippen LogP contribution in [0, 0.1) is 0 Å². The molecule has 0 atom stereocenters. The quantitative estimate of drug-likeness (QED) is 0.520. The summed E-state index contributed by atoms with van der Waals surface area (Å²) in [5, 5.41) is 0. The van der Waals surface area contributed by atoms with E-state index in [1.165, 1.54) is 18.2 Å². The van der Waals surface area contributed by atoms with Crippen molar-refractivity contribution in [1.82, 2.24) is 0 Å².